The van der Waals surface area contributed by atoms with E-state index < -0.39 is 0 Å². The average molecular weight is 238 g/mol. The minimum atomic E-state index is 0. The zero-order valence-corrected chi connectivity index (χ0v) is 7.65. The van der Waals surface area contributed by atoms with Gasteiger partial charge in [0.25, 0.3) is 0 Å². The second-order valence-corrected chi connectivity index (χ2v) is 1.15. The van der Waals surface area contributed by atoms with E-state index in [1.807, 2.05) is 36.4 Å². The summed E-state index contributed by atoms with van der Waals surface area (Å²) in [7, 11) is 1.00. The van der Waals surface area contributed by atoms with E-state index >= 15 is 0 Å². The minimum absolute atomic E-state index is 0. The van der Waals surface area contributed by atoms with Gasteiger partial charge in [-0.1, -0.05) is 36.4 Å². The number of hydrogen-bond donors (Lipinski definition) is 1. The maximum Gasteiger partial charge on any atom is 0.0319 e. The van der Waals surface area contributed by atoms with Gasteiger partial charge in [0.1, 0.15) is 0 Å². The molecular weight excluding hydrogens is 227 g/mol. The van der Waals surface area contributed by atoms with Gasteiger partial charge in [0.15, 0.2) is 0 Å². The molecule has 52 valence electrons. The van der Waals surface area contributed by atoms with Gasteiger partial charge in [-0.25, -0.2) is 0 Å². The van der Waals surface area contributed by atoms with Crippen LogP contribution in [-0.2, 0) is 0 Å². The molecule has 0 heterocycles. The van der Waals surface area contributed by atoms with Crippen LogP contribution in [-0.4, -0.2) is 12.2 Å². The van der Waals surface area contributed by atoms with Crippen LogP contribution in [0.3, 0.4) is 0 Å². The van der Waals surface area contributed by atoms with Crippen molar-refractivity contribution in [2.24, 2.45) is 0 Å². The Labute approximate surface area is 72.7 Å². The van der Waals surface area contributed by atoms with E-state index in [-0.39, 0.29) is 24.0 Å². The first kappa shape index (κ1) is 11.7. The standard InChI is InChI=1S/C6H6.CH4O.HI/c1-2-4-6-5-3-1;1-2;/h1-6H;2H,1H3;1H. The normalized spacial score (nSPS) is 6.00. The largest absolute Gasteiger partial charge is 0.400 e. The lowest BCUT2D eigenvalue weighted by molar-refractivity contribution is 0.399. The van der Waals surface area contributed by atoms with Crippen molar-refractivity contribution >= 4 is 24.0 Å². The number of aliphatic hydroxyl groups is 1. The molecule has 1 nitrogen and oxygen atoms in total. The highest BCUT2D eigenvalue weighted by Gasteiger charge is 1.57. The maximum absolute atomic E-state index is 7.00. The van der Waals surface area contributed by atoms with E-state index in [2.05, 4.69) is 0 Å². The molecule has 0 saturated carbocycles. The first-order valence-electron chi connectivity index (χ1n) is 2.45. The highest BCUT2D eigenvalue weighted by Crippen LogP contribution is 1.79. The second-order valence-electron chi connectivity index (χ2n) is 1.15. The molecule has 1 aromatic carbocycles. The van der Waals surface area contributed by atoms with Gasteiger partial charge in [0, 0.05) is 7.11 Å². The van der Waals surface area contributed by atoms with Gasteiger partial charge in [0.05, 0.1) is 0 Å². The van der Waals surface area contributed by atoms with Crippen LogP contribution in [0.2, 0.25) is 0 Å². The van der Waals surface area contributed by atoms with E-state index in [1.165, 1.54) is 0 Å². The highest BCUT2D eigenvalue weighted by molar-refractivity contribution is 14.0. The van der Waals surface area contributed by atoms with Crippen molar-refractivity contribution in [1.82, 2.24) is 0 Å². The number of aliphatic hydroxyl groups excluding tert-OH is 1. The molecule has 9 heavy (non-hydrogen) atoms. The Morgan fingerprint density at radius 2 is 0.778 bits per heavy atom. The van der Waals surface area contributed by atoms with Crippen molar-refractivity contribution < 1.29 is 5.11 Å². The first-order valence-corrected chi connectivity index (χ1v) is 2.45. The summed E-state index contributed by atoms with van der Waals surface area (Å²) in [6.45, 7) is 0. The van der Waals surface area contributed by atoms with Crippen molar-refractivity contribution in [3.63, 3.8) is 0 Å². The summed E-state index contributed by atoms with van der Waals surface area (Å²) in [4.78, 5) is 0. The lowest BCUT2D eigenvalue weighted by Crippen LogP contribution is -1.47. The Bertz CT molecular complexity index is 80.8. The van der Waals surface area contributed by atoms with Gasteiger partial charge >= 0.3 is 0 Å². The highest BCUT2D eigenvalue weighted by atomic mass is 127. The number of rotatable bonds is 0. The van der Waals surface area contributed by atoms with Gasteiger partial charge in [-0.15, -0.1) is 24.0 Å². The summed E-state index contributed by atoms with van der Waals surface area (Å²) in [5.74, 6) is 0. The average Bonchev–Trinajstić information content (AvgIpc) is 1.96. The third-order valence-electron chi connectivity index (χ3n) is 0.667. The summed E-state index contributed by atoms with van der Waals surface area (Å²) in [6.07, 6.45) is 0. The van der Waals surface area contributed by atoms with Crippen molar-refractivity contribution in [2.75, 3.05) is 7.11 Å². The molecule has 2 heteroatoms. The summed E-state index contributed by atoms with van der Waals surface area (Å²) in [5.41, 5.74) is 0. The Hall–Kier alpha value is -0.0900. The van der Waals surface area contributed by atoms with Crippen LogP contribution in [0.5, 0.6) is 0 Å². The molecule has 0 aliphatic rings. The molecule has 0 saturated heterocycles. The smallest absolute Gasteiger partial charge is 0.0319 e. The molecule has 0 amide bonds. The predicted molar refractivity (Wildman–Crippen MR) is 50.0 cm³/mol. The topological polar surface area (TPSA) is 20.2 Å². The van der Waals surface area contributed by atoms with Crippen LogP contribution in [0.25, 0.3) is 0 Å². The Kier molecular flexibility index (Phi) is 14.0. The first-order chi connectivity index (χ1) is 4.00. The second kappa shape index (κ2) is 10.8. The lowest BCUT2D eigenvalue weighted by Gasteiger charge is -1.69. The molecule has 0 atom stereocenters. The van der Waals surface area contributed by atoms with Crippen LogP contribution in [0.15, 0.2) is 36.4 Å². The molecule has 0 unspecified atom stereocenters. The molecular formula is C7H11IO. The number of hydrogen-bond acceptors (Lipinski definition) is 1. The molecule has 1 rings (SSSR count). The summed E-state index contributed by atoms with van der Waals surface area (Å²) in [5, 5.41) is 7.00. The van der Waals surface area contributed by atoms with E-state index in [9.17, 15) is 0 Å². The third-order valence-corrected chi connectivity index (χ3v) is 0.667. The van der Waals surface area contributed by atoms with Crippen molar-refractivity contribution in [3.8, 4) is 0 Å². The van der Waals surface area contributed by atoms with E-state index in [0.29, 0.717) is 0 Å². The summed E-state index contributed by atoms with van der Waals surface area (Å²) < 4.78 is 0. The van der Waals surface area contributed by atoms with Gasteiger partial charge < -0.3 is 5.11 Å². The minimum Gasteiger partial charge on any atom is -0.400 e. The monoisotopic (exact) mass is 238 g/mol. The third kappa shape index (κ3) is 7.91. The lowest BCUT2D eigenvalue weighted by atomic mass is 10.4. The Morgan fingerprint density at radius 1 is 0.667 bits per heavy atom. The van der Waals surface area contributed by atoms with Crippen molar-refractivity contribution in [1.29, 1.82) is 0 Å². The van der Waals surface area contributed by atoms with Gasteiger partial charge in [-0.05, 0) is 0 Å². The van der Waals surface area contributed by atoms with Crippen molar-refractivity contribution in [2.45, 2.75) is 0 Å². The van der Waals surface area contributed by atoms with E-state index in [1.54, 1.807) is 0 Å². The van der Waals surface area contributed by atoms with Crippen LogP contribution in [0, 0.1) is 0 Å². The molecule has 1 aromatic rings. The molecule has 0 radical (unpaired) electrons. The molecule has 0 fully saturated rings. The quantitative estimate of drug-likeness (QED) is 0.684. The molecule has 0 aromatic heterocycles. The van der Waals surface area contributed by atoms with Gasteiger partial charge in [-0.2, -0.15) is 0 Å². The van der Waals surface area contributed by atoms with Gasteiger partial charge in [-0.3, -0.25) is 0 Å². The maximum atomic E-state index is 7.00. The molecule has 0 bridgehead atoms. The van der Waals surface area contributed by atoms with E-state index in [0.717, 1.165) is 7.11 Å². The molecule has 0 spiro atoms. The number of benzene rings is 1. The summed E-state index contributed by atoms with van der Waals surface area (Å²) in [6, 6.07) is 12.0. The van der Waals surface area contributed by atoms with Crippen LogP contribution >= 0.6 is 24.0 Å². The predicted octanol–water partition coefficient (Wildman–Crippen LogP) is 1.91. The molecule has 0 aliphatic carbocycles. The van der Waals surface area contributed by atoms with Gasteiger partial charge in [0.2, 0.25) is 0 Å². The SMILES string of the molecule is CO.I.c1ccccc1. The molecule has 1 N–H and O–H groups in total. The van der Waals surface area contributed by atoms with Crippen LogP contribution in [0.4, 0.5) is 0 Å². The fourth-order valence-electron chi connectivity index (χ4n) is 0.385. The van der Waals surface area contributed by atoms with Crippen LogP contribution < -0.4 is 0 Å². The Morgan fingerprint density at radius 3 is 0.889 bits per heavy atom. The molecule has 0 aliphatic heterocycles. The fraction of sp³-hybridized carbons (Fsp3) is 0.143. The van der Waals surface area contributed by atoms with Crippen molar-refractivity contribution in [3.05, 3.63) is 36.4 Å². The van der Waals surface area contributed by atoms with E-state index in [4.69, 9.17) is 5.11 Å². The zero-order chi connectivity index (χ0) is 6.24. The Balaban J connectivity index is 0. The fourth-order valence-corrected chi connectivity index (χ4v) is 0.385. The summed E-state index contributed by atoms with van der Waals surface area (Å²) >= 11 is 0. The van der Waals surface area contributed by atoms with Crippen LogP contribution in [0.1, 0.15) is 0 Å². The zero-order valence-electron chi connectivity index (χ0n) is 5.32. The number of halogens is 1.